The minimum Gasteiger partial charge on any atom is -0.493 e. The van der Waals surface area contributed by atoms with E-state index in [1.807, 2.05) is 5.43 Å². The third-order valence-electron chi connectivity index (χ3n) is 2.80. The van der Waals surface area contributed by atoms with Crippen molar-refractivity contribution in [1.82, 2.24) is 15.0 Å². The number of primary amides is 1. The number of H-pyrrole nitrogens is 1. The molecule has 9 nitrogen and oxygen atoms in total. The Morgan fingerprint density at radius 3 is 2.55 bits per heavy atom. The largest absolute Gasteiger partial charge is 0.493 e. The number of urea groups is 1. The standard InChI is InChI=1S/C13H13N5O4/c1-7(16-17-12(14)21)9-10(19)15-13(22)18(11(9)20)8-5-3-2-4-6-8/h2-6,20H,1H3,(H3,14,17,21)(H,15,19,22)/b16-7+. The molecule has 1 heterocycles. The van der Waals surface area contributed by atoms with Crippen LogP contribution in [-0.2, 0) is 0 Å². The molecule has 2 rings (SSSR count). The molecule has 0 unspecified atom stereocenters. The van der Waals surface area contributed by atoms with E-state index in [2.05, 4.69) is 10.1 Å². The molecule has 0 fully saturated rings. The molecule has 0 saturated heterocycles. The maximum Gasteiger partial charge on any atom is 0.335 e. The number of aromatic amines is 1. The molecule has 5 N–H and O–H groups in total. The average Bonchev–Trinajstić information content (AvgIpc) is 2.45. The van der Waals surface area contributed by atoms with Gasteiger partial charge in [0.05, 0.1) is 11.4 Å². The minimum atomic E-state index is -0.924. The maximum absolute atomic E-state index is 11.9. The van der Waals surface area contributed by atoms with Crippen LogP contribution in [-0.4, -0.2) is 26.4 Å². The summed E-state index contributed by atoms with van der Waals surface area (Å²) in [7, 11) is 0. The highest BCUT2D eigenvalue weighted by molar-refractivity contribution is 6.00. The Morgan fingerprint density at radius 1 is 1.32 bits per heavy atom. The normalized spacial score (nSPS) is 11.2. The highest BCUT2D eigenvalue weighted by atomic mass is 16.3. The molecule has 0 radical (unpaired) electrons. The van der Waals surface area contributed by atoms with Crippen LogP contribution in [0, 0.1) is 0 Å². The fraction of sp³-hybridized carbons (Fsp3) is 0.0769. The van der Waals surface area contributed by atoms with Crippen LogP contribution in [0.2, 0.25) is 0 Å². The van der Waals surface area contributed by atoms with E-state index in [0.29, 0.717) is 5.69 Å². The second-order valence-electron chi connectivity index (χ2n) is 4.30. The zero-order valence-electron chi connectivity index (χ0n) is 11.5. The Bertz CT molecular complexity index is 851. The number of nitrogens with two attached hydrogens (primary N) is 1. The van der Waals surface area contributed by atoms with E-state index in [9.17, 15) is 19.5 Å². The monoisotopic (exact) mass is 303 g/mol. The number of nitrogens with zero attached hydrogens (tertiary/aromatic N) is 2. The fourth-order valence-electron chi connectivity index (χ4n) is 1.86. The van der Waals surface area contributed by atoms with Crippen molar-refractivity contribution < 1.29 is 9.90 Å². The van der Waals surface area contributed by atoms with Gasteiger partial charge in [-0.15, -0.1) is 0 Å². The summed E-state index contributed by atoms with van der Waals surface area (Å²) in [5.74, 6) is -0.590. The number of nitrogens with one attached hydrogen (secondary N) is 2. The summed E-state index contributed by atoms with van der Waals surface area (Å²) < 4.78 is 0.917. The van der Waals surface area contributed by atoms with Gasteiger partial charge in [0.1, 0.15) is 5.56 Å². The van der Waals surface area contributed by atoms with Crippen LogP contribution >= 0.6 is 0 Å². The lowest BCUT2D eigenvalue weighted by Crippen LogP contribution is -2.33. The SMILES string of the molecule is C/C(=N\NC(N)=O)c1c(O)n(-c2ccccc2)c(=O)[nH]c1=O. The average molecular weight is 303 g/mol. The molecule has 0 spiro atoms. The summed E-state index contributed by atoms with van der Waals surface area (Å²) in [5.41, 5.74) is 5.29. The molecular formula is C13H13N5O4. The summed E-state index contributed by atoms with van der Waals surface area (Å²) in [6, 6.07) is 7.31. The van der Waals surface area contributed by atoms with Crippen LogP contribution in [0.1, 0.15) is 12.5 Å². The van der Waals surface area contributed by atoms with E-state index in [1.54, 1.807) is 30.3 Å². The molecule has 9 heteroatoms. The van der Waals surface area contributed by atoms with Gasteiger partial charge < -0.3 is 10.8 Å². The Hall–Kier alpha value is -3.36. The van der Waals surface area contributed by atoms with E-state index in [1.165, 1.54) is 6.92 Å². The second kappa shape index (κ2) is 5.95. The number of hydrogen-bond acceptors (Lipinski definition) is 5. The topological polar surface area (TPSA) is 143 Å². The maximum atomic E-state index is 11.9. The molecular weight excluding hydrogens is 290 g/mol. The molecule has 0 atom stereocenters. The predicted molar refractivity (Wildman–Crippen MR) is 79.3 cm³/mol. The van der Waals surface area contributed by atoms with Crippen LogP contribution in [0.15, 0.2) is 45.0 Å². The van der Waals surface area contributed by atoms with E-state index in [-0.39, 0.29) is 11.3 Å². The van der Waals surface area contributed by atoms with Crippen LogP contribution in [0.25, 0.3) is 5.69 Å². The van der Waals surface area contributed by atoms with Crippen molar-refractivity contribution in [2.75, 3.05) is 0 Å². The zero-order chi connectivity index (χ0) is 16.3. The molecule has 114 valence electrons. The quantitative estimate of drug-likeness (QED) is 0.453. The van der Waals surface area contributed by atoms with Crippen LogP contribution in [0.5, 0.6) is 5.88 Å². The molecule has 22 heavy (non-hydrogen) atoms. The third kappa shape index (κ3) is 2.87. The van der Waals surface area contributed by atoms with Gasteiger partial charge in [0, 0.05) is 0 Å². The van der Waals surface area contributed by atoms with Gasteiger partial charge in [-0.05, 0) is 19.1 Å². The number of aromatic nitrogens is 2. The number of benzene rings is 1. The first-order chi connectivity index (χ1) is 10.4. The van der Waals surface area contributed by atoms with Gasteiger partial charge >= 0.3 is 11.7 Å². The lowest BCUT2D eigenvalue weighted by molar-refractivity contribution is 0.249. The molecule has 2 aromatic rings. The van der Waals surface area contributed by atoms with E-state index >= 15 is 0 Å². The van der Waals surface area contributed by atoms with Gasteiger partial charge in [0.25, 0.3) is 5.56 Å². The number of carbonyl (C=O) groups is 1. The third-order valence-corrected chi connectivity index (χ3v) is 2.80. The summed E-state index contributed by atoms with van der Waals surface area (Å²) in [6.45, 7) is 1.38. The fourth-order valence-corrected chi connectivity index (χ4v) is 1.86. The van der Waals surface area contributed by atoms with E-state index < -0.39 is 23.2 Å². The van der Waals surface area contributed by atoms with Crippen LogP contribution < -0.4 is 22.4 Å². The van der Waals surface area contributed by atoms with E-state index in [4.69, 9.17) is 5.73 Å². The van der Waals surface area contributed by atoms with Gasteiger partial charge in [-0.2, -0.15) is 5.10 Å². The van der Waals surface area contributed by atoms with Crippen molar-refractivity contribution in [3.8, 4) is 11.6 Å². The highest BCUT2D eigenvalue weighted by Crippen LogP contribution is 2.16. The molecule has 0 bridgehead atoms. The molecule has 0 saturated carbocycles. The number of amides is 2. The molecule has 0 aliphatic heterocycles. The smallest absolute Gasteiger partial charge is 0.335 e. The molecule has 2 amide bonds. The first kappa shape index (κ1) is 15.0. The second-order valence-corrected chi connectivity index (χ2v) is 4.30. The summed E-state index contributed by atoms with van der Waals surface area (Å²) >= 11 is 0. The van der Waals surface area contributed by atoms with Gasteiger partial charge in [0.2, 0.25) is 5.88 Å². The number of carbonyl (C=O) groups excluding carboxylic acids is 1. The van der Waals surface area contributed by atoms with Gasteiger partial charge in [0.15, 0.2) is 0 Å². The van der Waals surface area contributed by atoms with Crippen molar-refractivity contribution in [3.05, 3.63) is 56.7 Å². The van der Waals surface area contributed by atoms with E-state index in [0.717, 1.165) is 4.57 Å². The van der Waals surface area contributed by atoms with Crippen molar-refractivity contribution >= 4 is 11.7 Å². The minimum absolute atomic E-state index is 0.0118. The summed E-state index contributed by atoms with van der Waals surface area (Å²) in [6.07, 6.45) is 0. The molecule has 1 aromatic heterocycles. The number of para-hydroxylation sites is 1. The first-order valence-corrected chi connectivity index (χ1v) is 6.15. The lowest BCUT2D eigenvalue weighted by atomic mass is 10.2. The zero-order valence-corrected chi connectivity index (χ0v) is 11.5. The number of hydrogen-bond donors (Lipinski definition) is 4. The van der Waals surface area contributed by atoms with Gasteiger partial charge in [-0.1, -0.05) is 18.2 Å². The number of hydrazone groups is 1. The Labute approximate surface area is 123 Å². The molecule has 1 aromatic carbocycles. The van der Waals surface area contributed by atoms with Gasteiger partial charge in [-0.3, -0.25) is 9.78 Å². The van der Waals surface area contributed by atoms with Crippen molar-refractivity contribution in [2.45, 2.75) is 6.92 Å². The van der Waals surface area contributed by atoms with Crippen molar-refractivity contribution in [1.29, 1.82) is 0 Å². The predicted octanol–water partition coefficient (Wildman–Crippen LogP) is -0.376. The Balaban J connectivity index is 2.68. The van der Waals surface area contributed by atoms with Crippen LogP contribution in [0.4, 0.5) is 4.79 Å². The first-order valence-electron chi connectivity index (χ1n) is 6.15. The van der Waals surface area contributed by atoms with Crippen molar-refractivity contribution in [3.63, 3.8) is 0 Å². The number of aromatic hydroxyl groups is 1. The number of rotatable bonds is 3. The summed E-state index contributed by atoms with van der Waals surface area (Å²) in [4.78, 5) is 36.5. The highest BCUT2D eigenvalue weighted by Gasteiger charge is 2.17. The van der Waals surface area contributed by atoms with Crippen LogP contribution in [0.3, 0.4) is 0 Å². The Morgan fingerprint density at radius 2 is 1.95 bits per heavy atom. The van der Waals surface area contributed by atoms with Crippen molar-refractivity contribution in [2.24, 2.45) is 10.8 Å². The lowest BCUT2D eigenvalue weighted by Gasteiger charge is -2.11. The molecule has 0 aliphatic carbocycles. The summed E-state index contributed by atoms with van der Waals surface area (Å²) in [5, 5.41) is 13.8. The van der Waals surface area contributed by atoms with Gasteiger partial charge in [-0.25, -0.2) is 19.6 Å². The Kier molecular flexibility index (Phi) is 4.07. The molecule has 0 aliphatic rings.